The molecule has 3 nitrogen and oxygen atoms in total. The normalized spacial score (nSPS) is 43.8. The fourth-order valence-corrected chi connectivity index (χ4v) is 7.59. The molecule has 0 N–H and O–H groups in total. The maximum absolute atomic E-state index is 13.6. The summed E-state index contributed by atoms with van der Waals surface area (Å²) >= 11 is 1.57. The summed E-state index contributed by atoms with van der Waals surface area (Å²) in [5.74, 6) is 1.77. The van der Waals surface area contributed by atoms with Crippen LogP contribution >= 0.6 is 11.3 Å². The Morgan fingerprint density at radius 3 is 2.12 bits per heavy atom. The maximum Gasteiger partial charge on any atom is 0.162 e. The molecule has 0 radical (unpaired) electrons. The zero-order chi connectivity index (χ0) is 16.5. The zero-order valence-electron chi connectivity index (χ0n) is 13.6. The van der Waals surface area contributed by atoms with Gasteiger partial charge >= 0.3 is 0 Å². The minimum atomic E-state index is -1.12. The Bertz CT molecular complexity index is 732. The zero-order valence-corrected chi connectivity index (χ0v) is 14.4. The summed E-state index contributed by atoms with van der Waals surface area (Å²) in [7, 11) is 0. The van der Waals surface area contributed by atoms with Gasteiger partial charge < -0.3 is 0 Å². The van der Waals surface area contributed by atoms with Crippen LogP contribution in [0.5, 0.6) is 0 Å². The quantitative estimate of drug-likeness (QED) is 0.827. The second-order valence-corrected chi connectivity index (χ2v) is 9.60. The van der Waals surface area contributed by atoms with Crippen molar-refractivity contribution < 1.29 is 4.79 Å². The van der Waals surface area contributed by atoms with Crippen molar-refractivity contribution in [3.05, 3.63) is 22.4 Å². The molecule has 5 saturated carbocycles. The topological polar surface area (TPSA) is 64.7 Å². The van der Waals surface area contributed by atoms with E-state index in [9.17, 15) is 15.3 Å². The lowest BCUT2D eigenvalue weighted by Gasteiger charge is -2.56. The maximum atomic E-state index is 13.6. The molecule has 4 heteroatoms. The van der Waals surface area contributed by atoms with E-state index in [4.69, 9.17) is 0 Å². The SMILES string of the molecule is N#CC1(C#N)[C@@H](C(=O)C23CC4CC(CC(C4)C2)C3)[C@@H]1c1cccs1. The molecule has 0 saturated heterocycles. The second kappa shape index (κ2) is 4.70. The van der Waals surface area contributed by atoms with Crippen molar-refractivity contribution in [1.82, 2.24) is 0 Å². The van der Waals surface area contributed by atoms with Crippen molar-refractivity contribution in [1.29, 1.82) is 10.5 Å². The molecule has 1 aromatic heterocycles. The Balaban J connectivity index is 1.51. The van der Waals surface area contributed by atoms with Crippen molar-refractivity contribution in [2.45, 2.75) is 44.4 Å². The molecule has 0 spiro atoms. The fraction of sp³-hybridized carbons (Fsp3) is 0.650. The van der Waals surface area contributed by atoms with Gasteiger partial charge in [0.15, 0.2) is 5.41 Å². The number of hydrogen-bond donors (Lipinski definition) is 0. The first-order valence-corrected chi connectivity index (χ1v) is 9.90. The molecule has 0 amide bonds. The number of Topliss-reactive ketones (excluding diaryl/α,β-unsaturated/α-hetero) is 1. The van der Waals surface area contributed by atoms with Crippen molar-refractivity contribution in [2.75, 3.05) is 0 Å². The van der Waals surface area contributed by atoms with Gasteiger partial charge in [-0.2, -0.15) is 10.5 Å². The van der Waals surface area contributed by atoms with E-state index in [-0.39, 0.29) is 17.1 Å². The number of carbonyl (C=O) groups is 1. The highest BCUT2D eigenvalue weighted by Crippen LogP contribution is 2.70. The molecule has 1 aromatic rings. The smallest absolute Gasteiger partial charge is 0.162 e. The van der Waals surface area contributed by atoms with E-state index in [0.717, 1.165) is 24.1 Å². The highest BCUT2D eigenvalue weighted by atomic mass is 32.1. The van der Waals surface area contributed by atoms with Gasteiger partial charge in [-0.25, -0.2) is 0 Å². The van der Waals surface area contributed by atoms with E-state index in [1.807, 2.05) is 17.5 Å². The number of rotatable bonds is 3. The van der Waals surface area contributed by atoms with Crippen LogP contribution < -0.4 is 0 Å². The fourth-order valence-electron chi connectivity index (χ4n) is 6.65. The lowest BCUT2D eigenvalue weighted by Crippen LogP contribution is -2.50. The van der Waals surface area contributed by atoms with Gasteiger partial charge in [-0.15, -0.1) is 11.3 Å². The summed E-state index contributed by atoms with van der Waals surface area (Å²) in [6.45, 7) is 0. The van der Waals surface area contributed by atoms with E-state index < -0.39 is 11.3 Å². The average molecular weight is 336 g/mol. The molecule has 0 unspecified atom stereocenters. The van der Waals surface area contributed by atoms with E-state index in [1.165, 1.54) is 19.3 Å². The Hall–Kier alpha value is -1.65. The largest absolute Gasteiger partial charge is 0.299 e. The van der Waals surface area contributed by atoms with Crippen molar-refractivity contribution in [3.8, 4) is 12.1 Å². The molecule has 6 rings (SSSR count). The van der Waals surface area contributed by atoms with Crippen LogP contribution in [-0.2, 0) is 4.79 Å². The van der Waals surface area contributed by atoms with Crippen molar-refractivity contribution >= 4 is 17.1 Å². The molecular formula is C20H20N2OS. The molecule has 24 heavy (non-hydrogen) atoms. The predicted molar refractivity (Wildman–Crippen MR) is 89.8 cm³/mol. The van der Waals surface area contributed by atoms with E-state index in [0.29, 0.717) is 17.8 Å². The van der Waals surface area contributed by atoms with Crippen molar-refractivity contribution in [3.63, 3.8) is 0 Å². The van der Waals surface area contributed by atoms with Gasteiger partial charge in [0.1, 0.15) is 5.78 Å². The Morgan fingerprint density at radius 2 is 1.67 bits per heavy atom. The van der Waals surface area contributed by atoms with Gasteiger partial charge in [-0.3, -0.25) is 4.79 Å². The van der Waals surface area contributed by atoms with Crippen LogP contribution in [-0.4, -0.2) is 5.78 Å². The summed E-state index contributed by atoms with van der Waals surface area (Å²) in [5, 5.41) is 21.4. The monoisotopic (exact) mass is 336 g/mol. The minimum Gasteiger partial charge on any atom is -0.299 e. The average Bonchev–Trinajstić information content (AvgIpc) is 2.93. The van der Waals surface area contributed by atoms with Gasteiger partial charge in [0.05, 0.1) is 18.1 Å². The summed E-state index contributed by atoms with van der Waals surface area (Å²) in [4.78, 5) is 14.6. The Morgan fingerprint density at radius 1 is 1.08 bits per heavy atom. The number of nitriles is 2. The third-order valence-electron chi connectivity index (χ3n) is 7.27. The number of ketones is 1. The standard InChI is InChI=1S/C20H20N2OS/c21-10-20(11-22)16(15-2-1-3-24-15)17(20)18(23)19-7-12-4-13(8-19)6-14(5-12)9-19/h1-3,12-14,16-17H,4-9H2/t12?,13?,14?,16-,17+,19?/m0/s1. The number of nitrogens with zero attached hydrogens (tertiary/aromatic N) is 2. The highest BCUT2D eigenvalue weighted by molar-refractivity contribution is 7.10. The lowest BCUT2D eigenvalue weighted by molar-refractivity contribution is -0.145. The van der Waals surface area contributed by atoms with Crippen molar-refractivity contribution in [2.24, 2.45) is 34.5 Å². The highest BCUT2D eigenvalue weighted by Gasteiger charge is 2.74. The molecule has 122 valence electrons. The molecule has 0 aromatic carbocycles. The van der Waals surface area contributed by atoms with E-state index in [1.54, 1.807) is 11.3 Å². The van der Waals surface area contributed by atoms with Crippen LogP contribution in [0.3, 0.4) is 0 Å². The first kappa shape index (κ1) is 14.7. The number of hydrogen-bond acceptors (Lipinski definition) is 4. The first-order chi connectivity index (χ1) is 11.6. The van der Waals surface area contributed by atoms with Crippen LogP contribution in [0.25, 0.3) is 0 Å². The summed E-state index contributed by atoms with van der Waals surface area (Å²) in [6, 6.07) is 8.38. The first-order valence-electron chi connectivity index (χ1n) is 9.02. The summed E-state index contributed by atoms with van der Waals surface area (Å²) < 4.78 is 0. The number of thiophene rings is 1. The molecule has 0 aliphatic heterocycles. The molecule has 5 aliphatic carbocycles. The van der Waals surface area contributed by atoms with E-state index in [2.05, 4.69) is 12.1 Å². The molecule has 5 fully saturated rings. The second-order valence-electron chi connectivity index (χ2n) is 8.63. The van der Waals surface area contributed by atoms with Gasteiger partial charge in [0, 0.05) is 16.2 Å². The molecule has 2 atom stereocenters. The third kappa shape index (κ3) is 1.73. The molecule has 1 heterocycles. The van der Waals surface area contributed by atoms with E-state index >= 15 is 0 Å². The number of carbonyl (C=O) groups excluding carboxylic acids is 1. The van der Waals surface area contributed by atoms with Gasteiger partial charge in [-0.05, 0) is 67.7 Å². The molecule has 4 bridgehead atoms. The minimum absolute atomic E-state index is 0.201. The van der Waals surface area contributed by atoms with Crippen LogP contribution in [0.15, 0.2) is 17.5 Å². The lowest BCUT2D eigenvalue weighted by atomic mass is 9.48. The van der Waals surface area contributed by atoms with Gasteiger partial charge in [-0.1, -0.05) is 6.07 Å². The Labute approximate surface area is 146 Å². The summed E-state index contributed by atoms with van der Waals surface area (Å²) in [5.41, 5.74) is -1.34. The predicted octanol–water partition coefficient (Wildman–Crippen LogP) is 4.28. The van der Waals surface area contributed by atoms with Crippen LogP contribution in [0, 0.1) is 57.2 Å². The van der Waals surface area contributed by atoms with Crippen LogP contribution in [0.1, 0.15) is 49.3 Å². The van der Waals surface area contributed by atoms with Crippen LogP contribution in [0.4, 0.5) is 0 Å². The van der Waals surface area contributed by atoms with Crippen LogP contribution in [0.2, 0.25) is 0 Å². The molecule has 5 aliphatic rings. The van der Waals surface area contributed by atoms with Gasteiger partial charge in [0.2, 0.25) is 0 Å². The Kier molecular flexibility index (Phi) is 2.88. The third-order valence-corrected chi connectivity index (χ3v) is 8.22. The van der Waals surface area contributed by atoms with Gasteiger partial charge in [0.25, 0.3) is 0 Å². The molecular weight excluding hydrogens is 316 g/mol. The summed E-state index contributed by atoms with van der Waals surface area (Å²) in [6.07, 6.45) is 6.93.